The van der Waals surface area contributed by atoms with Gasteiger partial charge >= 0.3 is 6.11 Å². The number of nitriles is 1. The molecule has 0 N–H and O–H groups in total. The average molecular weight is 426 g/mol. The Morgan fingerprint density at radius 3 is 1.76 bits per heavy atom. The molecule has 2 aromatic carbocycles. The van der Waals surface area contributed by atoms with Crippen LogP contribution in [0, 0.1) is 34.6 Å². The molecule has 0 atom stereocenters. The second-order valence-corrected chi connectivity index (χ2v) is 5.15. The van der Waals surface area contributed by atoms with Crippen LogP contribution >= 0.6 is 15.9 Å². The fourth-order valence-electron chi connectivity index (χ4n) is 1.73. The maximum Gasteiger partial charge on any atom is 0.432 e. The lowest BCUT2D eigenvalue weighted by molar-refractivity contribution is -0.189. The highest BCUT2D eigenvalue weighted by atomic mass is 79.9. The van der Waals surface area contributed by atoms with Gasteiger partial charge < -0.3 is 4.74 Å². The molecule has 2 nitrogen and oxygen atoms in total. The molecule has 0 amide bonds. The van der Waals surface area contributed by atoms with Gasteiger partial charge in [0.15, 0.2) is 0 Å². The smallest absolute Gasteiger partial charge is 0.429 e. The monoisotopic (exact) mass is 425 g/mol. The van der Waals surface area contributed by atoms with Crippen LogP contribution in [-0.4, -0.2) is 0 Å². The van der Waals surface area contributed by atoms with E-state index in [2.05, 4.69) is 20.7 Å². The molecule has 0 saturated carbocycles. The van der Waals surface area contributed by atoms with E-state index in [1.807, 2.05) is 13.8 Å². The molecule has 0 aromatic heterocycles. The van der Waals surface area contributed by atoms with Crippen molar-refractivity contribution in [3.05, 3.63) is 63.1 Å². The van der Waals surface area contributed by atoms with Crippen LogP contribution in [-0.2, 0) is 6.11 Å². The Balaban J connectivity index is 0.00000151. The van der Waals surface area contributed by atoms with Crippen molar-refractivity contribution in [1.29, 1.82) is 5.26 Å². The van der Waals surface area contributed by atoms with Crippen LogP contribution < -0.4 is 4.74 Å². The fraction of sp³-hybridized carbons (Fsp3) is 0.188. The second-order valence-electron chi connectivity index (χ2n) is 4.24. The molecule has 0 aliphatic heterocycles. The highest BCUT2D eigenvalue weighted by Gasteiger charge is 2.41. The zero-order valence-corrected chi connectivity index (χ0v) is 14.4. The Morgan fingerprint density at radius 2 is 1.36 bits per heavy atom. The number of ether oxygens (including phenoxy) is 1. The minimum Gasteiger partial charge on any atom is -0.429 e. The zero-order valence-electron chi connectivity index (χ0n) is 12.8. The van der Waals surface area contributed by atoms with Crippen molar-refractivity contribution in [1.82, 2.24) is 0 Å². The summed E-state index contributed by atoms with van der Waals surface area (Å²) in [6, 6.07) is 2.97. The van der Waals surface area contributed by atoms with E-state index in [0.29, 0.717) is 24.3 Å². The molecule has 0 bridgehead atoms. The molecule has 0 unspecified atom stereocenters. The van der Waals surface area contributed by atoms with E-state index in [-0.39, 0.29) is 4.47 Å². The van der Waals surface area contributed by atoms with Gasteiger partial charge in [0.25, 0.3) is 0 Å². The summed E-state index contributed by atoms with van der Waals surface area (Å²) in [5.74, 6) is -7.16. The molecular weight excluding hydrogens is 416 g/mol. The average Bonchev–Trinajstić information content (AvgIpc) is 2.46. The predicted molar refractivity (Wildman–Crippen MR) is 81.0 cm³/mol. The molecule has 0 saturated heterocycles. The minimum absolute atomic E-state index is 0.123. The highest BCUT2D eigenvalue weighted by Crippen LogP contribution is 2.36. The van der Waals surface area contributed by atoms with Crippen molar-refractivity contribution in [3.8, 4) is 11.8 Å². The summed E-state index contributed by atoms with van der Waals surface area (Å²) in [6.07, 6.45) is -4.54. The molecule has 0 heterocycles. The van der Waals surface area contributed by atoms with Gasteiger partial charge in [0.05, 0.1) is 0 Å². The Morgan fingerprint density at radius 1 is 0.920 bits per heavy atom. The second kappa shape index (κ2) is 8.25. The predicted octanol–water partition coefficient (Wildman–Crippen LogP) is 6.03. The number of alkyl halides is 2. The van der Waals surface area contributed by atoms with Crippen LogP contribution in [0.3, 0.4) is 0 Å². The van der Waals surface area contributed by atoms with E-state index in [9.17, 15) is 26.3 Å². The van der Waals surface area contributed by atoms with Crippen molar-refractivity contribution < 1.29 is 31.1 Å². The molecule has 25 heavy (non-hydrogen) atoms. The standard InChI is InChI=1S/C14H4BrF6NO.C2H6/c15-6-1-11(18)13(12(19)2-6)14(20,21)23-7-3-9(16)8(5-22)10(17)4-7;1-2/h1-4H;1-2H3. The Hall–Kier alpha value is -2.21. The van der Waals surface area contributed by atoms with E-state index >= 15 is 0 Å². The fourth-order valence-corrected chi connectivity index (χ4v) is 2.14. The van der Waals surface area contributed by atoms with Gasteiger partial charge in [-0.2, -0.15) is 14.0 Å². The lowest BCUT2D eigenvalue weighted by Gasteiger charge is -2.19. The number of rotatable bonds is 3. The Labute approximate surface area is 147 Å². The molecule has 9 heteroatoms. The van der Waals surface area contributed by atoms with Crippen LogP contribution in [0.1, 0.15) is 25.0 Å². The summed E-state index contributed by atoms with van der Waals surface area (Å²) < 4.78 is 85.6. The number of halogens is 7. The van der Waals surface area contributed by atoms with Crippen molar-refractivity contribution in [2.24, 2.45) is 0 Å². The normalized spacial score (nSPS) is 10.6. The van der Waals surface area contributed by atoms with E-state index in [1.54, 1.807) is 0 Å². The largest absolute Gasteiger partial charge is 0.432 e. The van der Waals surface area contributed by atoms with Crippen LogP contribution in [0.2, 0.25) is 0 Å². The summed E-state index contributed by atoms with van der Waals surface area (Å²) >= 11 is 2.72. The Bertz CT molecular complexity index is 773. The van der Waals surface area contributed by atoms with Crippen LogP contribution in [0.15, 0.2) is 28.7 Å². The lowest BCUT2D eigenvalue weighted by atomic mass is 10.1. The first-order chi connectivity index (χ1) is 11.7. The summed E-state index contributed by atoms with van der Waals surface area (Å²) in [6.45, 7) is 4.00. The van der Waals surface area contributed by atoms with Gasteiger partial charge in [-0.05, 0) is 12.1 Å². The van der Waals surface area contributed by atoms with Gasteiger partial charge in [0.2, 0.25) is 0 Å². The SMILES string of the molecule is CC.N#Cc1c(F)cc(OC(F)(F)c2c(F)cc(Br)cc2F)cc1F. The quantitative estimate of drug-likeness (QED) is 0.562. The topological polar surface area (TPSA) is 33.0 Å². The van der Waals surface area contributed by atoms with E-state index < -0.39 is 46.3 Å². The van der Waals surface area contributed by atoms with Gasteiger partial charge in [0, 0.05) is 16.6 Å². The van der Waals surface area contributed by atoms with E-state index in [0.717, 1.165) is 0 Å². The lowest BCUT2D eigenvalue weighted by Crippen LogP contribution is -2.25. The first-order valence-corrected chi connectivity index (χ1v) is 7.56. The third kappa shape index (κ3) is 4.66. The molecule has 0 aliphatic rings. The maximum absolute atomic E-state index is 13.9. The number of benzene rings is 2. The highest BCUT2D eigenvalue weighted by molar-refractivity contribution is 9.10. The molecular formula is C16H10BrF6NO. The van der Waals surface area contributed by atoms with Gasteiger partial charge in [-0.3, -0.25) is 0 Å². The van der Waals surface area contributed by atoms with Crippen molar-refractivity contribution >= 4 is 15.9 Å². The summed E-state index contributed by atoms with van der Waals surface area (Å²) in [4.78, 5) is 0. The number of hydrogen-bond donors (Lipinski definition) is 0. The molecule has 134 valence electrons. The molecule has 2 aromatic rings. The first kappa shape index (κ1) is 20.8. The summed E-state index contributed by atoms with van der Waals surface area (Å²) in [7, 11) is 0. The van der Waals surface area contributed by atoms with Crippen molar-refractivity contribution in [2.45, 2.75) is 20.0 Å². The molecule has 0 fully saturated rings. The van der Waals surface area contributed by atoms with Crippen LogP contribution in [0.5, 0.6) is 5.75 Å². The molecule has 0 spiro atoms. The summed E-state index contributed by atoms with van der Waals surface area (Å²) in [5, 5.41) is 8.48. The minimum atomic E-state index is -4.54. The first-order valence-electron chi connectivity index (χ1n) is 6.76. The Kier molecular flexibility index (Phi) is 6.87. The van der Waals surface area contributed by atoms with Gasteiger partial charge in [0.1, 0.15) is 46.2 Å². The summed E-state index contributed by atoms with van der Waals surface area (Å²) in [5.41, 5.74) is -2.72. The third-order valence-electron chi connectivity index (χ3n) is 2.67. The molecule has 0 aliphatic carbocycles. The van der Waals surface area contributed by atoms with Crippen molar-refractivity contribution in [3.63, 3.8) is 0 Å². The van der Waals surface area contributed by atoms with Gasteiger partial charge in [-0.1, -0.05) is 29.8 Å². The van der Waals surface area contributed by atoms with E-state index in [1.165, 1.54) is 6.07 Å². The maximum atomic E-state index is 13.9. The third-order valence-corrected chi connectivity index (χ3v) is 3.13. The van der Waals surface area contributed by atoms with Crippen molar-refractivity contribution in [2.75, 3.05) is 0 Å². The molecule has 2 rings (SSSR count). The molecule has 0 radical (unpaired) electrons. The van der Waals surface area contributed by atoms with Gasteiger partial charge in [-0.15, -0.1) is 0 Å². The number of nitrogens with zero attached hydrogens (tertiary/aromatic N) is 1. The van der Waals surface area contributed by atoms with Gasteiger partial charge in [-0.25, -0.2) is 17.6 Å². The zero-order chi connectivity index (χ0) is 19.4. The van der Waals surface area contributed by atoms with Crippen LogP contribution in [0.25, 0.3) is 0 Å². The van der Waals surface area contributed by atoms with Crippen LogP contribution in [0.4, 0.5) is 26.3 Å². The van der Waals surface area contributed by atoms with E-state index in [4.69, 9.17) is 5.26 Å². The number of hydrogen-bond acceptors (Lipinski definition) is 2.